The number of ketones is 1. The maximum atomic E-state index is 13.4. The van der Waals surface area contributed by atoms with Crippen LogP contribution in [0, 0.1) is 0 Å². The minimum Gasteiger partial charge on any atom is -0.494 e. The Kier molecular flexibility index (Phi) is 8.02. The Bertz CT molecular complexity index is 1120. The van der Waals surface area contributed by atoms with Crippen LogP contribution in [-0.4, -0.2) is 30.4 Å². The molecule has 3 rings (SSSR count). The molecule has 0 unspecified atom stereocenters. The minimum absolute atomic E-state index is 0.0789. The molecule has 5 nitrogen and oxygen atoms in total. The molecule has 9 heteroatoms. The van der Waals surface area contributed by atoms with Gasteiger partial charge in [-0.05, 0) is 55.3 Å². The molecule has 0 aliphatic rings. The van der Waals surface area contributed by atoms with Crippen molar-refractivity contribution in [3.8, 4) is 5.75 Å². The van der Waals surface area contributed by atoms with Gasteiger partial charge in [-0.15, -0.1) is 11.6 Å². The Morgan fingerprint density at radius 1 is 1.09 bits per heavy atom. The molecule has 2 aromatic carbocycles. The molecular weight excluding hydrogens is 459 g/mol. The van der Waals surface area contributed by atoms with E-state index in [0.717, 1.165) is 12.8 Å². The molecule has 3 aromatic rings. The third kappa shape index (κ3) is 6.07. The normalized spacial score (nSPS) is 11.5. The van der Waals surface area contributed by atoms with Crippen LogP contribution in [0.15, 0.2) is 46.9 Å². The highest BCUT2D eigenvalue weighted by atomic mass is 35.5. The summed E-state index contributed by atoms with van der Waals surface area (Å²) in [5, 5.41) is 2.16. The van der Waals surface area contributed by atoms with E-state index in [0.29, 0.717) is 53.4 Å². The largest absolute Gasteiger partial charge is 0.494 e. The molecule has 1 heterocycles. The number of carbonyl (C=O) groups excluding carboxylic acids is 2. The van der Waals surface area contributed by atoms with Crippen molar-refractivity contribution in [1.82, 2.24) is 0 Å². The summed E-state index contributed by atoms with van der Waals surface area (Å²) in [4.78, 5) is 24.7. The number of ether oxygens (including phenoxy) is 1. The van der Waals surface area contributed by atoms with E-state index < -0.39 is 12.1 Å². The van der Waals surface area contributed by atoms with Gasteiger partial charge >= 0.3 is 12.1 Å². The number of anilines is 1. The molecule has 0 aliphatic heterocycles. The standard InChI is InChI=1S/C24H23ClF3NO4/c1-2-3-5-20-21(22(30)15-6-9-17(10-7-15)32-13-4-12-25)18-14-16(8-11-19(18)33-20)29-23(31)24(26,27)28/h6-11,14H,2-5,12-13H2,1H3,(H,29,31). The van der Waals surface area contributed by atoms with E-state index in [1.54, 1.807) is 24.3 Å². The first kappa shape index (κ1) is 24.6. The van der Waals surface area contributed by atoms with Gasteiger partial charge < -0.3 is 14.5 Å². The number of nitrogens with one attached hydrogen (secondary N) is 1. The summed E-state index contributed by atoms with van der Waals surface area (Å²) >= 11 is 5.64. The molecule has 0 saturated carbocycles. The van der Waals surface area contributed by atoms with E-state index in [9.17, 15) is 22.8 Å². The van der Waals surface area contributed by atoms with Crippen LogP contribution in [0.5, 0.6) is 5.75 Å². The van der Waals surface area contributed by atoms with Gasteiger partial charge in [-0.2, -0.15) is 13.2 Å². The average Bonchev–Trinajstić information content (AvgIpc) is 3.14. The second kappa shape index (κ2) is 10.7. The first-order valence-corrected chi connectivity index (χ1v) is 11.0. The van der Waals surface area contributed by atoms with Crippen molar-refractivity contribution >= 4 is 39.9 Å². The number of benzene rings is 2. The topological polar surface area (TPSA) is 68.5 Å². The molecule has 176 valence electrons. The molecule has 1 N–H and O–H groups in total. The molecule has 1 amide bonds. The first-order valence-electron chi connectivity index (χ1n) is 10.5. The predicted octanol–water partition coefficient (Wildman–Crippen LogP) is 6.51. The molecule has 33 heavy (non-hydrogen) atoms. The van der Waals surface area contributed by atoms with E-state index in [2.05, 4.69) is 0 Å². The van der Waals surface area contributed by atoms with Crippen LogP contribution in [0.3, 0.4) is 0 Å². The Morgan fingerprint density at radius 2 is 1.82 bits per heavy atom. The quantitative estimate of drug-likeness (QED) is 0.203. The molecular formula is C24H23ClF3NO4. The lowest BCUT2D eigenvalue weighted by Crippen LogP contribution is -2.29. The van der Waals surface area contributed by atoms with Crippen LogP contribution in [-0.2, 0) is 11.2 Å². The number of fused-ring (bicyclic) bond motifs is 1. The molecule has 0 fully saturated rings. The molecule has 0 bridgehead atoms. The van der Waals surface area contributed by atoms with E-state index in [1.165, 1.54) is 18.2 Å². The van der Waals surface area contributed by atoms with Crippen LogP contribution >= 0.6 is 11.6 Å². The SMILES string of the molecule is CCCCc1oc2ccc(NC(=O)C(F)(F)F)cc2c1C(=O)c1ccc(OCCCCl)cc1. The number of hydrogen-bond acceptors (Lipinski definition) is 4. The molecule has 0 radical (unpaired) electrons. The Balaban J connectivity index is 1.96. The van der Waals surface area contributed by atoms with E-state index in [1.807, 2.05) is 12.2 Å². The van der Waals surface area contributed by atoms with Gasteiger partial charge in [-0.1, -0.05) is 13.3 Å². The monoisotopic (exact) mass is 481 g/mol. The zero-order valence-electron chi connectivity index (χ0n) is 17.9. The lowest BCUT2D eigenvalue weighted by Gasteiger charge is -2.08. The van der Waals surface area contributed by atoms with E-state index in [4.69, 9.17) is 20.8 Å². The number of furan rings is 1. The fourth-order valence-corrected chi connectivity index (χ4v) is 3.39. The fraction of sp³-hybridized carbons (Fsp3) is 0.333. The lowest BCUT2D eigenvalue weighted by atomic mass is 9.98. The maximum absolute atomic E-state index is 13.4. The van der Waals surface area contributed by atoms with Crippen LogP contribution < -0.4 is 10.1 Å². The maximum Gasteiger partial charge on any atom is 0.471 e. The molecule has 0 spiro atoms. The van der Waals surface area contributed by atoms with Gasteiger partial charge in [-0.25, -0.2) is 0 Å². The Hall–Kier alpha value is -3.00. The number of rotatable bonds is 10. The van der Waals surface area contributed by atoms with Gasteiger partial charge in [0.2, 0.25) is 0 Å². The van der Waals surface area contributed by atoms with Crippen LogP contribution in [0.1, 0.15) is 47.9 Å². The van der Waals surface area contributed by atoms with Crippen molar-refractivity contribution in [2.45, 2.75) is 38.8 Å². The highest BCUT2D eigenvalue weighted by Gasteiger charge is 2.38. The summed E-state index contributed by atoms with van der Waals surface area (Å²) in [6.45, 7) is 2.45. The van der Waals surface area contributed by atoms with Crippen molar-refractivity contribution in [3.05, 3.63) is 59.4 Å². The van der Waals surface area contributed by atoms with Crippen molar-refractivity contribution in [1.29, 1.82) is 0 Å². The molecule has 0 saturated heterocycles. The summed E-state index contributed by atoms with van der Waals surface area (Å²) < 4.78 is 49.4. The van der Waals surface area contributed by atoms with Crippen molar-refractivity contribution in [2.24, 2.45) is 0 Å². The Labute approximate surface area is 193 Å². The van der Waals surface area contributed by atoms with E-state index >= 15 is 0 Å². The van der Waals surface area contributed by atoms with Crippen LogP contribution in [0.25, 0.3) is 11.0 Å². The number of carbonyl (C=O) groups is 2. The average molecular weight is 482 g/mol. The third-order valence-corrected chi connectivity index (χ3v) is 5.19. The third-order valence-electron chi connectivity index (χ3n) is 4.92. The van der Waals surface area contributed by atoms with Gasteiger partial charge in [0.1, 0.15) is 17.1 Å². The van der Waals surface area contributed by atoms with Crippen molar-refractivity contribution in [3.63, 3.8) is 0 Å². The number of halogens is 4. The lowest BCUT2D eigenvalue weighted by molar-refractivity contribution is -0.167. The summed E-state index contributed by atoms with van der Waals surface area (Å²) in [7, 11) is 0. The first-order chi connectivity index (χ1) is 15.7. The van der Waals surface area contributed by atoms with Gasteiger partial charge in [0.05, 0.1) is 12.2 Å². The minimum atomic E-state index is -5.02. The van der Waals surface area contributed by atoms with Crippen LogP contribution in [0.2, 0.25) is 0 Å². The number of amides is 1. The van der Waals surface area contributed by atoms with Gasteiger partial charge in [0.15, 0.2) is 5.78 Å². The highest BCUT2D eigenvalue weighted by Crippen LogP contribution is 2.32. The zero-order chi connectivity index (χ0) is 24.0. The highest BCUT2D eigenvalue weighted by molar-refractivity contribution is 6.18. The van der Waals surface area contributed by atoms with E-state index in [-0.39, 0.29) is 17.0 Å². The predicted molar refractivity (Wildman–Crippen MR) is 120 cm³/mol. The summed E-state index contributed by atoms with van der Waals surface area (Å²) in [6.07, 6.45) is -2.20. The number of unbranched alkanes of at least 4 members (excludes halogenated alkanes) is 1. The Morgan fingerprint density at radius 3 is 2.45 bits per heavy atom. The molecule has 0 aliphatic carbocycles. The summed E-state index contributed by atoms with van der Waals surface area (Å²) in [6, 6.07) is 10.7. The van der Waals surface area contributed by atoms with Gasteiger partial charge in [-0.3, -0.25) is 9.59 Å². The second-order valence-corrected chi connectivity index (χ2v) is 7.79. The smallest absolute Gasteiger partial charge is 0.471 e. The second-order valence-electron chi connectivity index (χ2n) is 7.41. The fourth-order valence-electron chi connectivity index (χ4n) is 3.28. The van der Waals surface area contributed by atoms with Gasteiger partial charge in [0.25, 0.3) is 0 Å². The van der Waals surface area contributed by atoms with Gasteiger partial charge in [0, 0.05) is 28.9 Å². The molecule has 0 atom stereocenters. The summed E-state index contributed by atoms with van der Waals surface area (Å²) in [5.74, 6) is -0.882. The molecule has 1 aromatic heterocycles. The van der Waals surface area contributed by atoms with Crippen molar-refractivity contribution in [2.75, 3.05) is 17.8 Å². The summed E-state index contributed by atoms with van der Waals surface area (Å²) in [5.41, 5.74) is 0.933. The van der Waals surface area contributed by atoms with Crippen molar-refractivity contribution < 1.29 is 31.9 Å². The number of hydrogen-bond donors (Lipinski definition) is 1. The number of aryl methyl sites for hydroxylation is 1. The van der Waals surface area contributed by atoms with Crippen LogP contribution in [0.4, 0.5) is 18.9 Å². The zero-order valence-corrected chi connectivity index (χ0v) is 18.7. The number of alkyl halides is 4.